The molecular weight excluding hydrogens is 240 g/mol. The summed E-state index contributed by atoms with van der Waals surface area (Å²) >= 11 is 0. The quantitative estimate of drug-likeness (QED) is 0.871. The second-order valence-corrected chi connectivity index (χ2v) is 5.00. The second kappa shape index (κ2) is 6.57. The molecule has 1 aliphatic rings. The van der Waals surface area contributed by atoms with Crippen molar-refractivity contribution in [1.29, 1.82) is 0 Å². The van der Waals surface area contributed by atoms with E-state index in [1.165, 1.54) is 0 Å². The molecule has 2 rings (SSSR count). The van der Waals surface area contributed by atoms with Crippen LogP contribution in [0.25, 0.3) is 0 Å². The molecule has 1 aromatic rings. The number of carbonyl (C=O) groups is 1. The molecule has 0 bridgehead atoms. The van der Waals surface area contributed by atoms with Gasteiger partial charge in [0.2, 0.25) is 5.91 Å². The highest BCUT2D eigenvalue weighted by atomic mass is 16.5. The van der Waals surface area contributed by atoms with Gasteiger partial charge in [0.1, 0.15) is 5.75 Å². The molecule has 4 nitrogen and oxygen atoms in total. The molecule has 19 heavy (non-hydrogen) atoms. The van der Waals surface area contributed by atoms with Gasteiger partial charge >= 0.3 is 0 Å². The maximum Gasteiger partial charge on any atom is 0.223 e. The fourth-order valence-corrected chi connectivity index (χ4v) is 2.52. The summed E-state index contributed by atoms with van der Waals surface area (Å²) in [5.74, 6) is 1.11. The maximum atomic E-state index is 12.2. The summed E-state index contributed by atoms with van der Waals surface area (Å²) in [5.41, 5.74) is 1.02. The third-order valence-corrected chi connectivity index (χ3v) is 3.67. The Balaban J connectivity index is 1.99. The molecule has 0 saturated carbocycles. The minimum atomic E-state index is -0.0291. The van der Waals surface area contributed by atoms with Crippen LogP contribution in [0.1, 0.15) is 31.4 Å². The Hall–Kier alpha value is -1.55. The summed E-state index contributed by atoms with van der Waals surface area (Å²) in [4.78, 5) is 12.2. The predicted molar refractivity (Wildman–Crippen MR) is 75.1 cm³/mol. The third kappa shape index (κ3) is 3.47. The minimum absolute atomic E-state index is 0.0291. The van der Waals surface area contributed by atoms with E-state index in [0.29, 0.717) is 0 Å². The first-order chi connectivity index (χ1) is 9.22. The first kappa shape index (κ1) is 13.9. The van der Waals surface area contributed by atoms with Crippen molar-refractivity contribution in [3.05, 3.63) is 29.8 Å². The number of amides is 1. The highest BCUT2D eigenvalue weighted by molar-refractivity contribution is 5.79. The highest BCUT2D eigenvalue weighted by Crippen LogP contribution is 2.25. The molecule has 0 spiro atoms. The van der Waals surface area contributed by atoms with Gasteiger partial charge in [-0.05, 0) is 38.9 Å². The molecule has 4 heteroatoms. The van der Waals surface area contributed by atoms with Crippen LogP contribution in [-0.4, -0.2) is 26.1 Å². The highest BCUT2D eigenvalue weighted by Gasteiger charge is 2.23. The van der Waals surface area contributed by atoms with Crippen LogP contribution < -0.4 is 15.4 Å². The van der Waals surface area contributed by atoms with E-state index in [0.717, 1.165) is 37.2 Å². The van der Waals surface area contributed by atoms with Gasteiger partial charge in [-0.2, -0.15) is 0 Å². The molecule has 104 valence electrons. The Morgan fingerprint density at radius 1 is 1.37 bits per heavy atom. The fourth-order valence-electron chi connectivity index (χ4n) is 2.52. The van der Waals surface area contributed by atoms with Crippen LogP contribution in [-0.2, 0) is 4.79 Å². The topological polar surface area (TPSA) is 50.4 Å². The van der Waals surface area contributed by atoms with E-state index >= 15 is 0 Å². The molecule has 1 aromatic carbocycles. The van der Waals surface area contributed by atoms with Crippen molar-refractivity contribution in [2.24, 2.45) is 5.92 Å². The summed E-state index contributed by atoms with van der Waals surface area (Å²) in [5, 5.41) is 6.37. The normalized spacial score (nSPS) is 17.8. The van der Waals surface area contributed by atoms with E-state index in [2.05, 4.69) is 10.6 Å². The van der Waals surface area contributed by atoms with Crippen molar-refractivity contribution < 1.29 is 9.53 Å². The van der Waals surface area contributed by atoms with Gasteiger partial charge in [0.05, 0.1) is 13.2 Å². The monoisotopic (exact) mass is 262 g/mol. The van der Waals surface area contributed by atoms with Gasteiger partial charge in [-0.3, -0.25) is 4.79 Å². The molecule has 1 fully saturated rings. The Bertz CT molecular complexity index is 428. The molecule has 1 saturated heterocycles. The zero-order chi connectivity index (χ0) is 13.7. The van der Waals surface area contributed by atoms with E-state index < -0.39 is 0 Å². The number of hydrogen-bond acceptors (Lipinski definition) is 3. The second-order valence-electron chi connectivity index (χ2n) is 5.00. The molecule has 0 radical (unpaired) electrons. The minimum Gasteiger partial charge on any atom is -0.496 e. The Kier molecular flexibility index (Phi) is 4.80. The number of para-hydroxylation sites is 1. The number of benzene rings is 1. The van der Waals surface area contributed by atoms with Crippen molar-refractivity contribution in [3.63, 3.8) is 0 Å². The van der Waals surface area contributed by atoms with E-state index in [-0.39, 0.29) is 17.9 Å². The number of hydrogen-bond donors (Lipinski definition) is 2. The van der Waals surface area contributed by atoms with Gasteiger partial charge < -0.3 is 15.4 Å². The lowest BCUT2D eigenvalue weighted by atomic mass is 9.96. The van der Waals surface area contributed by atoms with E-state index in [1.54, 1.807) is 7.11 Å². The molecule has 0 aliphatic carbocycles. The number of methoxy groups -OCH3 is 1. The summed E-state index contributed by atoms with van der Waals surface area (Å²) in [6.45, 7) is 3.86. The Morgan fingerprint density at radius 3 is 2.74 bits per heavy atom. The van der Waals surface area contributed by atoms with E-state index in [1.807, 2.05) is 31.2 Å². The van der Waals surface area contributed by atoms with Gasteiger partial charge in [-0.15, -0.1) is 0 Å². The van der Waals surface area contributed by atoms with Crippen LogP contribution in [0.4, 0.5) is 0 Å². The third-order valence-electron chi connectivity index (χ3n) is 3.67. The lowest BCUT2D eigenvalue weighted by molar-refractivity contribution is -0.126. The first-order valence-corrected chi connectivity index (χ1v) is 6.86. The smallest absolute Gasteiger partial charge is 0.223 e. The number of rotatable bonds is 4. The van der Waals surface area contributed by atoms with Crippen molar-refractivity contribution >= 4 is 5.91 Å². The molecule has 1 aliphatic heterocycles. The fraction of sp³-hybridized carbons (Fsp3) is 0.533. The zero-order valence-corrected chi connectivity index (χ0v) is 11.6. The summed E-state index contributed by atoms with van der Waals surface area (Å²) in [7, 11) is 1.65. The maximum absolute atomic E-state index is 12.2. The lowest BCUT2D eigenvalue weighted by Crippen LogP contribution is -2.39. The van der Waals surface area contributed by atoms with Crippen LogP contribution in [0.5, 0.6) is 5.75 Å². The van der Waals surface area contributed by atoms with Gasteiger partial charge in [0.25, 0.3) is 0 Å². The van der Waals surface area contributed by atoms with Crippen molar-refractivity contribution in [2.75, 3.05) is 20.2 Å². The SMILES string of the molecule is COc1ccccc1[C@@H](C)NC(=O)C1CCNCC1. The molecule has 2 N–H and O–H groups in total. The van der Waals surface area contributed by atoms with Gasteiger partial charge in [-0.1, -0.05) is 18.2 Å². The van der Waals surface area contributed by atoms with Gasteiger partial charge in [0.15, 0.2) is 0 Å². The first-order valence-electron chi connectivity index (χ1n) is 6.86. The zero-order valence-electron chi connectivity index (χ0n) is 11.6. The van der Waals surface area contributed by atoms with Crippen LogP contribution >= 0.6 is 0 Å². The summed E-state index contributed by atoms with van der Waals surface area (Å²) in [6, 6.07) is 7.78. The Morgan fingerprint density at radius 2 is 2.05 bits per heavy atom. The van der Waals surface area contributed by atoms with Crippen LogP contribution in [0.2, 0.25) is 0 Å². The summed E-state index contributed by atoms with van der Waals surface area (Å²) in [6.07, 6.45) is 1.84. The van der Waals surface area contributed by atoms with Crippen LogP contribution in [0.3, 0.4) is 0 Å². The van der Waals surface area contributed by atoms with Gasteiger partial charge in [-0.25, -0.2) is 0 Å². The van der Waals surface area contributed by atoms with Gasteiger partial charge in [0, 0.05) is 11.5 Å². The number of nitrogens with one attached hydrogen (secondary N) is 2. The predicted octanol–water partition coefficient (Wildman–Crippen LogP) is 1.87. The van der Waals surface area contributed by atoms with Crippen LogP contribution in [0, 0.1) is 5.92 Å². The average Bonchev–Trinajstić information content (AvgIpc) is 2.48. The van der Waals surface area contributed by atoms with E-state index in [4.69, 9.17) is 4.74 Å². The largest absolute Gasteiger partial charge is 0.496 e. The van der Waals surface area contributed by atoms with Crippen molar-refractivity contribution in [3.8, 4) is 5.75 Å². The number of piperidine rings is 1. The van der Waals surface area contributed by atoms with E-state index in [9.17, 15) is 4.79 Å². The van der Waals surface area contributed by atoms with Crippen molar-refractivity contribution in [2.45, 2.75) is 25.8 Å². The lowest BCUT2D eigenvalue weighted by Gasteiger charge is -2.24. The molecule has 0 unspecified atom stereocenters. The molecule has 0 aromatic heterocycles. The Labute approximate surface area is 114 Å². The molecule has 1 amide bonds. The van der Waals surface area contributed by atoms with Crippen LogP contribution in [0.15, 0.2) is 24.3 Å². The standard InChI is InChI=1S/C15H22N2O2/c1-11(13-5-3-4-6-14(13)19-2)17-15(18)12-7-9-16-10-8-12/h3-6,11-12,16H,7-10H2,1-2H3,(H,17,18)/t11-/m1/s1. The molecular formula is C15H22N2O2. The average molecular weight is 262 g/mol. The summed E-state index contributed by atoms with van der Waals surface area (Å²) < 4.78 is 5.33. The molecule has 1 heterocycles. The van der Waals surface area contributed by atoms with Crippen molar-refractivity contribution in [1.82, 2.24) is 10.6 Å². The number of carbonyl (C=O) groups excluding carboxylic acids is 1. The molecule has 1 atom stereocenters. The number of ether oxygens (including phenoxy) is 1.